The number of benzene rings is 1. The molecule has 0 unspecified atom stereocenters. The fraction of sp³-hybridized carbons (Fsp3) is 0. The zero-order valence-corrected chi connectivity index (χ0v) is 9.44. The number of hydrogen-bond donors (Lipinski definition) is 4. The van der Waals surface area contributed by atoms with E-state index in [0.29, 0.717) is 16.3 Å². The molecular weight excluding hydrogens is 235 g/mol. The third-order valence-corrected chi connectivity index (χ3v) is 2.26. The Kier molecular flexibility index (Phi) is 6.94. The normalized spacial score (nSPS) is 8.17. The Balaban J connectivity index is 0. The number of hydrogen-bond acceptors (Lipinski definition) is 4. The topological polar surface area (TPSA) is 52.0 Å². The minimum atomic E-state index is 0. The Morgan fingerprint density at radius 3 is 1.92 bits per heavy atom. The summed E-state index contributed by atoms with van der Waals surface area (Å²) in [6, 6.07) is 3.47. The van der Waals surface area contributed by atoms with E-state index in [9.17, 15) is 0 Å². The molecule has 6 heteroatoms. The smallest absolute Gasteiger partial charge is 0.0694 e. The van der Waals surface area contributed by atoms with Gasteiger partial charge in [0.05, 0.1) is 11.4 Å². The molecule has 1 rings (SSSR count). The summed E-state index contributed by atoms with van der Waals surface area (Å²) in [4.78, 5) is 1.39. The van der Waals surface area contributed by atoms with Gasteiger partial charge in [0.15, 0.2) is 0 Å². The standard InChI is InChI=1S/C6H8N2S2.2ClH/c7-3-1-2-4(9)6(10)5(3)8;;/h1-2,9-10H,7-8H2;2*1H. The fourth-order valence-corrected chi connectivity index (χ4v) is 1.01. The monoisotopic (exact) mass is 244 g/mol. The molecule has 0 radical (unpaired) electrons. The van der Waals surface area contributed by atoms with Gasteiger partial charge in [0, 0.05) is 9.79 Å². The van der Waals surface area contributed by atoms with Gasteiger partial charge in [-0.15, -0.1) is 50.1 Å². The van der Waals surface area contributed by atoms with E-state index in [4.69, 9.17) is 11.5 Å². The van der Waals surface area contributed by atoms with Crippen molar-refractivity contribution in [1.29, 1.82) is 0 Å². The number of halogens is 2. The lowest BCUT2D eigenvalue weighted by atomic mass is 10.3. The third kappa shape index (κ3) is 2.86. The zero-order valence-electron chi connectivity index (χ0n) is 6.02. The summed E-state index contributed by atoms with van der Waals surface area (Å²) in [7, 11) is 0. The Bertz CT molecular complexity index is 241. The summed E-state index contributed by atoms with van der Waals surface area (Å²) in [5, 5.41) is 0. The third-order valence-electron chi connectivity index (χ3n) is 1.23. The van der Waals surface area contributed by atoms with Crippen LogP contribution in [0.15, 0.2) is 21.9 Å². The SMILES string of the molecule is Cl.Cl.Nc1ccc(S)c(S)c1N. The van der Waals surface area contributed by atoms with E-state index in [-0.39, 0.29) is 24.8 Å². The van der Waals surface area contributed by atoms with Crippen LogP contribution in [0, 0.1) is 0 Å². The number of nitrogen functional groups attached to an aromatic ring is 2. The van der Waals surface area contributed by atoms with Crippen LogP contribution in [0.3, 0.4) is 0 Å². The predicted octanol–water partition coefficient (Wildman–Crippen LogP) is 2.27. The fourth-order valence-electron chi connectivity index (χ4n) is 0.612. The van der Waals surface area contributed by atoms with Crippen LogP contribution in [0.2, 0.25) is 0 Å². The van der Waals surface area contributed by atoms with Crippen LogP contribution < -0.4 is 11.5 Å². The first kappa shape index (κ1) is 14.6. The summed E-state index contributed by atoms with van der Waals surface area (Å²) in [6.07, 6.45) is 0. The van der Waals surface area contributed by atoms with E-state index < -0.39 is 0 Å². The zero-order chi connectivity index (χ0) is 7.72. The quantitative estimate of drug-likeness (QED) is 0.418. The second-order valence-corrected chi connectivity index (χ2v) is 2.87. The van der Waals surface area contributed by atoms with Gasteiger partial charge in [-0.2, -0.15) is 0 Å². The van der Waals surface area contributed by atoms with Gasteiger partial charge in [-0.3, -0.25) is 0 Å². The summed E-state index contributed by atoms with van der Waals surface area (Å²) in [5.41, 5.74) is 12.1. The minimum absolute atomic E-state index is 0. The van der Waals surface area contributed by atoms with E-state index in [1.807, 2.05) is 0 Å². The molecule has 2 nitrogen and oxygen atoms in total. The molecule has 0 aromatic heterocycles. The lowest BCUT2D eigenvalue weighted by Crippen LogP contribution is -1.95. The minimum Gasteiger partial charge on any atom is -0.397 e. The van der Waals surface area contributed by atoms with Gasteiger partial charge in [0.25, 0.3) is 0 Å². The first-order chi connectivity index (χ1) is 4.63. The summed E-state index contributed by atoms with van der Waals surface area (Å²) in [6.45, 7) is 0. The molecule has 1 aromatic rings. The Morgan fingerprint density at radius 1 is 1.00 bits per heavy atom. The molecule has 1 aromatic carbocycles. The first-order valence-corrected chi connectivity index (χ1v) is 3.58. The van der Waals surface area contributed by atoms with E-state index in [2.05, 4.69) is 25.3 Å². The van der Waals surface area contributed by atoms with Gasteiger partial charge in [-0.05, 0) is 12.1 Å². The summed E-state index contributed by atoms with van der Waals surface area (Å²) in [5.74, 6) is 0. The van der Waals surface area contributed by atoms with Crippen LogP contribution in [0.5, 0.6) is 0 Å². The molecule has 0 aliphatic carbocycles. The largest absolute Gasteiger partial charge is 0.397 e. The molecule has 0 amide bonds. The van der Waals surface area contributed by atoms with Gasteiger partial charge in [-0.1, -0.05) is 0 Å². The molecule has 0 fully saturated rings. The van der Waals surface area contributed by atoms with Gasteiger partial charge < -0.3 is 11.5 Å². The highest BCUT2D eigenvalue weighted by Crippen LogP contribution is 2.28. The van der Waals surface area contributed by atoms with Gasteiger partial charge in [-0.25, -0.2) is 0 Å². The van der Waals surface area contributed by atoms with Crippen LogP contribution in [0.1, 0.15) is 0 Å². The van der Waals surface area contributed by atoms with Gasteiger partial charge in [0.2, 0.25) is 0 Å². The molecule has 0 aliphatic rings. The van der Waals surface area contributed by atoms with E-state index in [1.54, 1.807) is 12.1 Å². The maximum atomic E-state index is 5.53. The first-order valence-electron chi connectivity index (χ1n) is 2.69. The molecule has 0 atom stereocenters. The van der Waals surface area contributed by atoms with Crippen molar-refractivity contribution < 1.29 is 0 Å². The van der Waals surface area contributed by atoms with Crippen molar-refractivity contribution in [2.45, 2.75) is 9.79 Å². The Labute approximate surface area is 94.7 Å². The second-order valence-electron chi connectivity index (χ2n) is 1.94. The Hall–Kier alpha value is 0.1000. The van der Waals surface area contributed by atoms with E-state index in [1.165, 1.54) is 0 Å². The molecule has 0 saturated heterocycles. The number of nitrogens with two attached hydrogens (primary N) is 2. The molecule has 70 valence electrons. The number of anilines is 2. The van der Waals surface area contributed by atoms with Crippen molar-refractivity contribution in [3.8, 4) is 0 Å². The van der Waals surface area contributed by atoms with Gasteiger partial charge in [0.1, 0.15) is 0 Å². The molecule has 0 saturated carbocycles. The molecule has 4 N–H and O–H groups in total. The molecule has 12 heavy (non-hydrogen) atoms. The van der Waals surface area contributed by atoms with Crippen molar-refractivity contribution in [3.63, 3.8) is 0 Å². The maximum absolute atomic E-state index is 5.53. The Morgan fingerprint density at radius 2 is 1.50 bits per heavy atom. The highest BCUT2D eigenvalue weighted by atomic mass is 35.5. The molecule has 0 aliphatic heterocycles. The van der Waals surface area contributed by atoms with Crippen LogP contribution in [-0.4, -0.2) is 0 Å². The van der Waals surface area contributed by atoms with Crippen molar-refractivity contribution in [3.05, 3.63) is 12.1 Å². The summed E-state index contributed by atoms with van der Waals surface area (Å²) < 4.78 is 0. The highest BCUT2D eigenvalue weighted by Gasteiger charge is 2.00. The number of thiol groups is 2. The van der Waals surface area contributed by atoms with Crippen molar-refractivity contribution in [2.75, 3.05) is 11.5 Å². The lowest BCUT2D eigenvalue weighted by molar-refractivity contribution is 1.28. The second kappa shape index (κ2) is 5.70. The molecule has 0 heterocycles. The van der Waals surface area contributed by atoms with Crippen molar-refractivity contribution >= 4 is 61.4 Å². The van der Waals surface area contributed by atoms with Crippen LogP contribution in [0.25, 0.3) is 0 Å². The predicted molar refractivity (Wildman–Crippen MR) is 64.3 cm³/mol. The van der Waals surface area contributed by atoms with Crippen LogP contribution in [-0.2, 0) is 0 Å². The number of rotatable bonds is 0. The summed E-state index contributed by atoms with van der Waals surface area (Å²) >= 11 is 8.20. The van der Waals surface area contributed by atoms with Crippen molar-refractivity contribution in [2.24, 2.45) is 0 Å². The van der Waals surface area contributed by atoms with E-state index >= 15 is 0 Å². The average Bonchev–Trinajstić information content (AvgIpc) is 1.93. The van der Waals surface area contributed by atoms with Gasteiger partial charge >= 0.3 is 0 Å². The molecule has 0 spiro atoms. The van der Waals surface area contributed by atoms with E-state index in [0.717, 1.165) is 4.90 Å². The maximum Gasteiger partial charge on any atom is 0.0694 e. The average molecular weight is 245 g/mol. The van der Waals surface area contributed by atoms with Crippen LogP contribution >= 0.6 is 50.1 Å². The lowest BCUT2D eigenvalue weighted by Gasteiger charge is -2.04. The van der Waals surface area contributed by atoms with Crippen LogP contribution in [0.4, 0.5) is 11.4 Å². The van der Waals surface area contributed by atoms with Crippen molar-refractivity contribution in [1.82, 2.24) is 0 Å². The molecular formula is C6H10Cl2N2S2. The highest BCUT2D eigenvalue weighted by molar-refractivity contribution is 7.83. The molecule has 0 bridgehead atoms.